The standard InChI is InChI=1S/C35H32O6S/c1-24-19-31(29-15-17-34(35(21-29)41-42(3,37)38)40-23-27-12-8-5-9-13-27)25(2)18-30(24)28-14-16-33(32(36)20-28)39-22-26-10-6-4-7-11-26/h4-21,36H,22-23H2,1-3H3. The van der Waals surface area contributed by atoms with Gasteiger partial charge >= 0.3 is 10.1 Å². The van der Waals surface area contributed by atoms with Crippen LogP contribution in [0.2, 0.25) is 0 Å². The van der Waals surface area contributed by atoms with E-state index in [-0.39, 0.29) is 18.1 Å². The van der Waals surface area contributed by atoms with Gasteiger partial charge in [-0.1, -0.05) is 84.9 Å². The molecule has 0 saturated carbocycles. The number of ether oxygens (including phenoxy) is 2. The van der Waals surface area contributed by atoms with Crippen LogP contribution in [-0.2, 0) is 23.3 Å². The zero-order valence-corrected chi connectivity index (χ0v) is 24.5. The fourth-order valence-corrected chi connectivity index (χ4v) is 5.20. The Morgan fingerprint density at radius 2 is 1.07 bits per heavy atom. The Balaban J connectivity index is 1.40. The number of phenolic OH excluding ortho intramolecular Hbond substituents is 1. The molecule has 0 amide bonds. The summed E-state index contributed by atoms with van der Waals surface area (Å²) in [6.45, 7) is 4.63. The molecule has 0 aromatic heterocycles. The minimum absolute atomic E-state index is 0.0678. The molecule has 5 aromatic carbocycles. The van der Waals surface area contributed by atoms with Gasteiger partial charge in [0.15, 0.2) is 23.0 Å². The van der Waals surface area contributed by atoms with Gasteiger partial charge in [-0.15, -0.1) is 0 Å². The van der Waals surface area contributed by atoms with Crippen LogP contribution in [0.15, 0.2) is 109 Å². The van der Waals surface area contributed by atoms with E-state index in [1.807, 2.05) is 92.7 Å². The van der Waals surface area contributed by atoms with Crippen LogP contribution in [0.3, 0.4) is 0 Å². The van der Waals surface area contributed by atoms with Crippen molar-refractivity contribution >= 4 is 10.1 Å². The largest absolute Gasteiger partial charge is 0.504 e. The molecule has 5 rings (SSSR count). The van der Waals surface area contributed by atoms with Crippen molar-refractivity contribution in [2.24, 2.45) is 0 Å². The number of benzene rings is 5. The SMILES string of the molecule is Cc1cc(-c2ccc(OCc3ccccc3)c(OS(C)(=O)=O)c2)c(C)cc1-c1ccc(OCc2ccccc2)c(O)c1. The second kappa shape index (κ2) is 12.4. The van der Waals surface area contributed by atoms with Gasteiger partial charge in [0.1, 0.15) is 13.2 Å². The Hall–Kier alpha value is -4.75. The van der Waals surface area contributed by atoms with Gasteiger partial charge in [0, 0.05) is 0 Å². The summed E-state index contributed by atoms with van der Waals surface area (Å²) in [6.07, 6.45) is 1.01. The average molecular weight is 581 g/mol. The summed E-state index contributed by atoms with van der Waals surface area (Å²) >= 11 is 0. The van der Waals surface area contributed by atoms with E-state index in [9.17, 15) is 13.5 Å². The molecule has 6 nitrogen and oxygen atoms in total. The zero-order valence-electron chi connectivity index (χ0n) is 23.7. The average Bonchev–Trinajstić information content (AvgIpc) is 2.97. The Morgan fingerprint density at radius 3 is 1.57 bits per heavy atom. The molecule has 0 aliphatic carbocycles. The lowest BCUT2D eigenvalue weighted by molar-refractivity contribution is 0.289. The Bertz CT molecular complexity index is 1800. The second-order valence-electron chi connectivity index (χ2n) is 10.2. The Labute approximate surface area is 246 Å². The van der Waals surface area contributed by atoms with Crippen LogP contribution in [0, 0.1) is 13.8 Å². The van der Waals surface area contributed by atoms with Gasteiger partial charge in [0.2, 0.25) is 0 Å². The third-order valence-electron chi connectivity index (χ3n) is 6.81. The van der Waals surface area contributed by atoms with Gasteiger partial charge in [-0.25, -0.2) is 0 Å². The van der Waals surface area contributed by atoms with Crippen molar-refractivity contribution in [3.05, 3.63) is 131 Å². The first-order valence-electron chi connectivity index (χ1n) is 13.5. The number of phenols is 1. The zero-order chi connectivity index (χ0) is 29.7. The molecule has 0 aliphatic rings. The molecule has 42 heavy (non-hydrogen) atoms. The number of hydrogen-bond donors (Lipinski definition) is 1. The highest BCUT2D eigenvalue weighted by Gasteiger charge is 2.16. The maximum absolute atomic E-state index is 12.1. The minimum Gasteiger partial charge on any atom is -0.504 e. The first-order chi connectivity index (χ1) is 20.2. The molecule has 0 atom stereocenters. The van der Waals surface area contributed by atoms with E-state index in [0.29, 0.717) is 18.1 Å². The van der Waals surface area contributed by atoms with Gasteiger partial charge in [-0.05, 0) is 82.6 Å². The van der Waals surface area contributed by atoms with Crippen LogP contribution < -0.4 is 13.7 Å². The van der Waals surface area contributed by atoms with Crippen LogP contribution in [0.5, 0.6) is 23.0 Å². The third-order valence-corrected chi connectivity index (χ3v) is 7.29. The molecule has 0 heterocycles. The summed E-state index contributed by atoms with van der Waals surface area (Å²) < 4.78 is 41.2. The molecule has 214 valence electrons. The Morgan fingerprint density at radius 1 is 0.595 bits per heavy atom. The quantitative estimate of drug-likeness (QED) is 0.170. The van der Waals surface area contributed by atoms with Crippen LogP contribution in [0.25, 0.3) is 22.3 Å². The second-order valence-corrected chi connectivity index (χ2v) is 11.7. The highest BCUT2D eigenvalue weighted by Crippen LogP contribution is 2.39. The molecule has 0 aliphatic heterocycles. The summed E-state index contributed by atoms with van der Waals surface area (Å²) in [5, 5.41) is 10.7. The summed E-state index contributed by atoms with van der Waals surface area (Å²) in [5.41, 5.74) is 7.48. The lowest BCUT2D eigenvalue weighted by Crippen LogP contribution is -2.07. The highest BCUT2D eigenvalue weighted by atomic mass is 32.2. The Kier molecular flexibility index (Phi) is 8.50. The fourth-order valence-electron chi connectivity index (χ4n) is 4.74. The van der Waals surface area contributed by atoms with Gasteiger partial charge < -0.3 is 18.8 Å². The predicted octanol–water partition coefficient (Wildman–Crippen LogP) is 7.84. The van der Waals surface area contributed by atoms with Crippen molar-refractivity contribution in [3.63, 3.8) is 0 Å². The van der Waals surface area contributed by atoms with Crippen molar-refractivity contribution in [1.29, 1.82) is 0 Å². The summed E-state index contributed by atoms with van der Waals surface area (Å²) in [6, 6.07) is 34.2. The van der Waals surface area contributed by atoms with E-state index >= 15 is 0 Å². The lowest BCUT2D eigenvalue weighted by Gasteiger charge is -2.16. The first kappa shape index (κ1) is 28.8. The third kappa shape index (κ3) is 7.11. The van der Waals surface area contributed by atoms with Crippen molar-refractivity contribution in [3.8, 4) is 45.3 Å². The van der Waals surface area contributed by atoms with Gasteiger partial charge in [-0.3, -0.25) is 0 Å². The molecule has 0 unspecified atom stereocenters. The highest BCUT2D eigenvalue weighted by molar-refractivity contribution is 7.86. The number of rotatable bonds is 10. The molecule has 7 heteroatoms. The fraction of sp³-hybridized carbons (Fsp3) is 0.143. The van der Waals surface area contributed by atoms with E-state index in [4.69, 9.17) is 13.7 Å². The molecular formula is C35H32O6S. The molecular weight excluding hydrogens is 548 g/mol. The van der Waals surface area contributed by atoms with E-state index in [1.54, 1.807) is 24.3 Å². The van der Waals surface area contributed by atoms with Gasteiger partial charge in [-0.2, -0.15) is 8.42 Å². The summed E-state index contributed by atoms with van der Waals surface area (Å²) in [7, 11) is -3.78. The van der Waals surface area contributed by atoms with Crippen LogP contribution in [0.1, 0.15) is 22.3 Å². The number of hydrogen-bond acceptors (Lipinski definition) is 6. The summed E-state index contributed by atoms with van der Waals surface area (Å²) in [5.74, 6) is 0.951. The molecule has 0 spiro atoms. The lowest BCUT2D eigenvalue weighted by atomic mass is 9.91. The van der Waals surface area contributed by atoms with E-state index < -0.39 is 10.1 Å². The van der Waals surface area contributed by atoms with Gasteiger partial charge in [0.05, 0.1) is 6.26 Å². The maximum atomic E-state index is 12.1. The van der Waals surface area contributed by atoms with Crippen molar-refractivity contribution in [2.75, 3.05) is 6.26 Å². The minimum atomic E-state index is -3.78. The van der Waals surface area contributed by atoms with Crippen molar-refractivity contribution in [1.82, 2.24) is 0 Å². The molecule has 1 N–H and O–H groups in total. The smallest absolute Gasteiger partial charge is 0.306 e. The van der Waals surface area contributed by atoms with E-state index in [2.05, 4.69) is 6.07 Å². The van der Waals surface area contributed by atoms with Crippen LogP contribution in [-0.4, -0.2) is 19.8 Å². The predicted molar refractivity (Wildman–Crippen MR) is 165 cm³/mol. The van der Waals surface area contributed by atoms with E-state index in [0.717, 1.165) is 50.8 Å². The van der Waals surface area contributed by atoms with Crippen molar-refractivity contribution < 1.29 is 27.2 Å². The van der Waals surface area contributed by atoms with E-state index in [1.165, 1.54) is 0 Å². The normalized spacial score (nSPS) is 11.2. The molecule has 5 aromatic rings. The molecule has 0 bridgehead atoms. The summed E-state index contributed by atoms with van der Waals surface area (Å²) in [4.78, 5) is 0. The monoisotopic (exact) mass is 580 g/mol. The van der Waals surface area contributed by atoms with Crippen LogP contribution in [0.4, 0.5) is 0 Å². The first-order valence-corrected chi connectivity index (χ1v) is 15.3. The molecule has 0 fully saturated rings. The van der Waals surface area contributed by atoms with Crippen molar-refractivity contribution in [2.45, 2.75) is 27.1 Å². The topological polar surface area (TPSA) is 82.1 Å². The number of aryl methyl sites for hydroxylation is 2. The maximum Gasteiger partial charge on any atom is 0.306 e. The number of aromatic hydroxyl groups is 1. The molecule has 0 saturated heterocycles. The van der Waals surface area contributed by atoms with Crippen LogP contribution >= 0.6 is 0 Å². The van der Waals surface area contributed by atoms with Gasteiger partial charge in [0.25, 0.3) is 0 Å². The molecule has 0 radical (unpaired) electrons.